The van der Waals surface area contributed by atoms with E-state index in [4.69, 9.17) is 19.0 Å². The maximum atomic E-state index is 14.8. The maximum absolute atomic E-state index is 14.8. The number of aromatic nitrogens is 3. The summed E-state index contributed by atoms with van der Waals surface area (Å²) in [5.41, 5.74) is 1.91. The minimum absolute atomic E-state index is 0.328. The molecule has 0 unspecified atom stereocenters. The molecule has 4 heterocycles. The number of anilines is 1. The molecule has 1 aromatic carbocycles. The summed E-state index contributed by atoms with van der Waals surface area (Å²) in [6, 6.07) is 3.29. The van der Waals surface area contributed by atoms with Gasteiger partial charge in [0.25, 0.3) is 5.89 Å². The molecule has 2 saturated heterocycles. The van der Waals surface area contributed by atoms with Crippen LogP contribution in [-0.2, 0) is 9.47 Å². The molecule has 5 rings (SSSR count). The molecule has 1 spiro atoms. The lowest BCUT2D eigenvalue weighted by atomic mass is 10.00. The Morgan fingerprint density at radius 1 is 1.10 bits per heavy atom. The number of pyridine rings is 1. The molecule has 9 heteroatoms. The van der Waals surface area contributed by atoms with Crippen molar-refractivity contribution in [3.63, 3.8) is 0 Å². The summed E-state index contributed by atoms with van der Waals surface area (Å²) < 4.78 is 32.6. The zero-order chi connectivity index (χ0) is 20.2. The lowest BCUT2D eigenvalue weighted by Gasteiger charge is -2.38. The van der Waals surface area contributed by atoms with Crippen LogP contribution in [0.5, 0.6) is 0 Å². The highest BCUT2D eigenvalue weighted by Gasteiger charge is 2.41. The Morgan fingerprint density at radius 2 is 1.83 bits per heavy atom. The highest BCUT2D eigenvalue weighted by molar-refractivity contribution is 9.10. The molecule has 29 heavy (non-hydrogen) atoms. The van der Waals surface area contributed by atoms with Gasteiger partial charge in [-0.1, -0.05) is 21.1 Å². The fraction of sp³-hybridized carbons (Fsp3) is 0.450. The number of ether oxygens (including phenoxy) is 2. The van der Waals surface area contributed by atoms with Gasteiger partial charge in [0.15, 0.2) is 17.4 Å². The van der Waals surface area contributed by atoms with Crippen molar-refractivity contribution in [3.05, 3.63) is 33.8 Å². The van der Waals surface area contributed by atoms with Crippen LogP contribution in [0.4, 0.5) is 10.2 Å². The second-order valence-electron chi connectivity index (χ2n) is 7.46. The summed E-state index contributed by atoms with van der Waals surface area (Å²) in [6.07, 6.45) is 1.44. The summed E-state index contributed by atoms with van der Waals surface area (Å²) >= 11 is 3.37. The molecule has 0 amide bonds. The summed E-state index contributed by atoms with van der Waals surface area (Å²) in [5.74, 6) is 0.699. The van der Waals surface area contributed by atoms with Crippen molar-refractivity contribution in [2.45, 2.75) is 32.5 Å². The summed E-state index contributed by atoms with van der Waals surface area (Å²) in [6.45, 7) is 6.31. The van der Waals surface area contributed by atoms with E-state index in [9.17, 15) is 4.39 Å². The van der Waals surface area contributed by atoms with Crippen molar-refractivity contribution in [2.24, 2.45) is 0 Å². The number of rotatable bonds is 2. The van der Waals surface area contributed by atoms with E-state index in [1.54, 1.807) is 6.92 Å². The van der Waals surface area contributed by atoms with Crippen molar-refractivity contribution in [3.8, 4) is 11.5 Å². The number of fused-ring (bicyclic) bond motifs is 1. The standard InChI is InChI=1S/C20H20BrFN4O3/c1-11-14-9-13(21)10-15(22)17(14)24-18(16(11)19-23-12(2)25-29-19)26-5-3-20(4-6-26)27-7-8-28-20/h9-10H,3-8H2,1-2H3. The summed E-state index contributed by atoms with van der Waals surface area (Å²) in [7, 11) is 0. The minimum Gasteiger partial charge on any atom is -0.356 e. The van der Waals surface area contributed by atoms with E-state index in [1.165, 1.54) is 6.07 Å². The van der Waals surface area contributed by atoms with Crippen molar-refractivity contribution in [2.75, 3.05) is 31.2 Å². The third kappa shape index (κ3) is 3.21. The van der Waals surface area contributed by atoms with Gasteiger partial charge in [0.05, 0.1) is 18.8 Å². The molecule has 0 saturated carbocycles. The second kappa shape index (κ2) is 7.00. The first-order valence-corrected chi connectivity index (χ1v) is 10.4. The van der Waals surface area contributed by atoms with E-state index >= 15 is 0 Å². The van der Waals surface area contributed by atoms with Crippen LogP contribution in [0.25, 0.3) is 22.4 Å². The Kier molecular flexibility index (Phi) is 4.56. The Morgan fingerprint density at radius 3 is 2.48 bits per heavy atom. The first-order valence-electron chi connectivity index (χ1n) is 9.59. The van der Waals surface area contributed by atoms with Gasteiger partial charge in [-0.05, 0) is 31.5 Å². The van der Waals surface area contributed by atoms with Crippen molar-refractivity contribution >= 4 is 32.7 Å². The number of hydrogen-bond acceptors (Lipinski definition) is 7. The molecule has 0 aliphatic carbocycles. The Balaban J connectivity index is 1.65. The SMILES string of the molecule is Cc1noc(-c2c(N3CCC4(CC3)OCCO4)nc3c(F)cc(Br)cc3c2C)n1. The van der Waals surface area contributed by atoms with Crippen LogP contribution in [0.2, 0.25) is 0 Å². The molecule has 0 bridgehead atoms. The molecule has 7 nitrogen and oxygen atoms in total. The lowest BCUT2D eigenvalue weighted by molar-refractivity contribution is -0.169. The van der Waals surface area contributed by atoms with Gasteiger partial charge in [0, 0.05) is 35.8 Å². The largest absolute Gasteiger partial charge is 0.356 e. The van der Waals surface area contributed by atoms with E-state index in [-0.39, 0.29) is 5.82 Å². The fourth-order valence-electron chi connectivity index (χ4n) is 4.16. The van der Waals surface area contributed by atoms with Crippen LogP contribution in [0.1, 0.15) is 24.2 Å². The highest BCUT2D eigenvalue weighted by atomic mass is 79.9. The molecule has 2 aliphatic rings. The Hall–Kier alpha value is -2.10. The van der Waals surface area contributed by atoms with Crippen LogP contribution in [-0.4, -0.2) is 47.2 Å². The van der Waals surface area contributed by atoms with Crippen LogP contribution in [0.3, 0.4) is 0 Å². The number of benzene rings is 1. The smallest absolute Gasteiger partial charge is 0.261 e. The molecule has 2 fully saturated rings. The summed E-state index contributed by atoms with van der Waals surface area (Å²) in [5, 5.41) is 4.65. The second-order valence-corrected chi connectivity index (χ2v) is 8.38. The van der Waals surface area contributed by atoms with Gasteiger partial charge in [-0.3, -0.25) is 0 Å². The molecule has 2 aliphatic heterocycles. The van der Waals surface area contributed by atoms with Gasteiger partial charge in [-0.15, -0.1) is 0 Å². The normalized spacial score (nSPS) is 18.8. The Labute approximate surface area is 175 Å². The number of nitrogens with zero attached hydrogens (tertiary/aromatic N) is 4. The maximum Gasteiger partial charge on any atom is 0.261 e. The lowest BCUT2D eigenvalue weighted by Crippen LogP contribution is -2.45. The molecule has 0 atom stereocenters. The van der Waals surface area contributed by atoms with Gasteiger partial charge >= 0.3 is 0 Å². The predicted molar refractivity (Wildman–Crippen MR) is 108 cm³/mol. The zero-order valence-corrected chi connectivity index (χ0v) is 17.8. The van der Waals surface area contributed by atoms with Crippen molar-refractivity contribution < 1.29 is 18.4 Å². The molecular weight excluding hydrogens is 443 g/mol. The van der Waals surface area contributed by atoms with Crippen LogP contribution < -0.4 is 4.90 Å². The summed E-state index contributed by atoms with van der Waals surface area (Å²) in [4.78, 5) is 11.3. The predicted octanol–water partition coefficient (Wildman–Crippen LogP) is 4.15. The van der Waals surface area contributed by atoms with Gasteiger partial charge in [-0.2, -0.15) is 4.98 Å². The number of hydrogen-bond donors (Lipinski definition) is 0. The number of halogens is 2. The van der Waals surface area contributed by atoms with E-state index in [1.807, 2.05) is 13.0 Å². The fourth-order valence-corrected chi connectivity index (χ4v) is 4.59. The van der Waals surface area contributed by atoms with Crippen LogP contribution >= 0.6 is 15.9 Å². The average Bonchev–Trinajstić information content (AvgIpc) is 3.32. The van der Waals surface area contributed by atoms with E-state index < -0.39 is 5.79 Å². The molecule has 3 aromatic rings. The quantitative estimate of drug-likeness (QED) is 0.566. The molecule has 0 radical (unpaired) electrons. The first-order chi connectivity index (χ1) is 14.0. The minimum atomic E-state index is -0.500. The third-order valence-electron chi connectivity index (χ3n) is 5.63. The monoisotopic (exact) mass is 462 g/mol. The molecule has 152 valence electrons. The number of aryl methyl sites for hydroxylation is 2. The topological polar surface area (TPSA) is 73.5 Å². The third-order valence-corrected chi connectivity index (χ3v) is 6.09. The highest BCUT2D eigenvalue weighted by Crippen LogP contribution is 2.40. The first kappa shape index (κ1) is 18.9. The van der Waals surface area contributed by atoms with Gasteiger partial charge in [0.2, 0.25) is 0 Å². The van der Waals surface area contributed by atoms with Crippen molar-refractivity contribution in [1.82, 2.24) is 15.1 Å². The van der Waals surface area contributed by atoms with Crippen LogP contribution in [0, 0.1) is 19.7 Å². The van der Waals surface area contributed by atoms with Gasteiger partial charge in [0.1, 0.15) is 11.3 Å². The van der Waals surface area contributed by atoms with E-state index in [2.05, 4.69) is 31.0 Å². The van der Waals surface area contributed by atoms with Crippen LogP contribution in [0.15, 0.2) is 21.1 Å². The molecule has 2 aromatic heterocycles. The van der Waals surface area contributed by atoms with Crippen molar-refractivity contribution in [1.29, 1.82) is 0 Å². The molecular formula is C20H20BrFN4O3. The van der Waals surface area contributed by atoms with E-state index in [0.29, 0.717) is 59.2 Å². The zero-order valence-electron chi connectivity index (χ0n) is 16.2. The number of piperidine rings is 1. The average molecular weight is 463 g/mol. The van der Waals surface area contributed by atoms with Gasteiger partial charge < -0.3 is 18.9 Å². The Bertz CT molecular complexity index is 1090. The van der Waals surface area contributed by atoms with Gasteiger partial charge in [-0.25, -0.2) is 9.37 Å². The molecule has 0 N–H and O–H groups in total. The van der Waals surface area contributed by atoms with E-state index in [0.717, 1.165) is 24.0 Å².